The number of hydrogen-bond donors (Lipinski definition) is 2. The molecule has 1 aromatic carbocycles. The van der Waals surface area contributed by atoms with E-state index < -0.39 is 23.2 Å². The largest absolute Gasteiger partial charge is 0.416 e. The van der Waals surface area contributed by atoms with E-state index in [-0.39, 0.29) is 11.1 Å². The van der Waals surface area contributed by atoms with E-state index in [1.165, 1.54) is 19.2 Å². The van der Waals surface area contributed by atoms with Gasteiger partial charge in [0.25, 0.3) is 5.91 Å². The molecule has 1 atom stereocenters. The summed E-state index contributed by atoms with van der Waals surface area (Å²) in [7, 11) is 1.53. The number of rotatable bonds is 5. The molecule has 1 fully saturated rings. The van der Waals surface area contributed by atoms with Crippen LogP contribution in [0.3, 0.4) is 0 Å². The van der Waals surface area contributed by atoms with Crippen LogP contribution in [0.1, 0.15) is 38.3 Å². The molecule has 0 aromatic heterocycles. The van der Waals surface area contributed by atoms with Crippen LogP contribution in [0.15, 0.2) is 41.0 Å². The standard InChI is InChI=1S/C19H22F3N3O2/c1-12(23-4)24-15(9-10-26)16(27)25-18(11-17(18,2)3)13-5-7-14(8-6-13)19(20,21)22/h5-10H,11H2,1-4H3,(H,23,24)(H,25,27)/b15-9-. The van der Waals surface area contributed by atoms with Crippen molar-refractivity contribution in [2.75, 3.05) is 7.05 Å². The summed E-state index contributed by atoms with van der Waals surface area (Å²) in [5.74, 6) is -0.0903. The van der Waals surface area contributed by atoms with Crippen molar-refractivity contribution in [2.24, 2.45) is 10.4 Å². The van der Waals surface area contributed by atoms with Gasteiger partial charge in [0.1, 0.15) is 12.0 Å². The van der Waals surface area contributed by atoms with E-state index in [0.29, 0.717) is 24.1 Å². The summed E-state index contributed by atoms with van der Waals surface area (Å²) in [5.41, 5.74) is -1.30. The number of hydrogen-bond acceptors (Lipinski definition) is 3. The molecule has 8 heteroatoms. The van der Waals surface area contributed by atoms with E-state index in [1.807, 2.05) is 13.8 Å². The van der Waals surface area contributed by atoms with Gasteiger partial charge >= 0.3 is 6.18 Å². The normalized spacial score (nSPS) is 22.2. The van der Waals surface area contributed by atoms with Crippen LogP contribution in [0.25, 0.3) is 0 Å². The predicted octanol–water partition coefficient (Wildman–Crippen LogP) is 3.17. The lowest BCUT2D eigenvalue weighted by atomic mass is 9.94. The Balaban J connectivity index is 2.31. The molecule has 1 aliphatic carbocycles. The third-order valence-electron chi connectivity index (χ3n) is 4.90. The summed E-state index contributed by atoms with van der Waals surface area (Å²) in [6, 6.07) is 4.78. The molecule has 1 amide bonds. The van der Waals surface area contributed by atoms with Crippen molar-refractivity contribution in [2.45, 2.75) is 38.9 Å². The number of carbonyl (C=O) groups excluding carboxylic acids is 2. The maximum Gasteiger partial charge on any atom is 0.416 e. The maximum atomic E-state index is 12.8. The molecule has 1 aliphatic rings. The number of carbonyl (C=O) groups is 2. The molecule has 5 nitrogen and oxygen atoms in total. The summed E-state index contributed by atoms with van der Waals surface area (Å²) in [5, 5.41) is 5.63. The highest BCUT2D eigenvalue weighted by atomic mass is 19.4. The summed E-state index contributed by atoms with van der Waals surface area (Å²) < 4.78 is 38.4. The van der Waals surface area contributed by atoms with Gasteiger partial charge in [-0.15, -0.1) is 0 Å². The molecule has 0 aliphatic heterocycles. The number of nitrogens with one attached hydrogen (secondary N) is 2. The first-order chi connectivity index (χ1) is 12.5. The first kappa shape index (κ1) is 20.7. The summed E-state index contributed by atoms with van der Waals surface area (Å²) in [6.07, 6.45) is -2.30. The number of alkyl halides is 3. The van der Waals surface area contributed by atoms with E-state index in [0.717, 1.165) is 18.2 Å². The molecular formula is C19H22F3N3O2. The van der Waals surface area contributed by atoms with E-state index in [1.54, 1.807) is 6.92 Å². The molecule has 2 rings (SSSR count). The van der Waals surface area contributed by atoms with Crippen LogP contribution < -0.4 is 10.6 Å². The highest BCUT2D eigenvalue weighted by Crippen LogP contribution is 2.62. The number of amides is 1. The highest BCUT2D eigenvalue weighted by Gasteiger charge is 2.63. The van der Waals surface area contributed by atoms with Crippen molar-refractivity contribution in [3.63, 3.8) is 0 Å². The lowest BCUT2D eigenvalue weighted by Gasteiger charge is -2.24. The van der Waals surface area contributed by atoms with E-state index >= 15 is 0 Å². The zero-order chi connectivity index (χ0) is 20.5. The lowest BCUT2D eigenvalue weighted by molar-refractivity contribution is -0.137. The van der Waals surface area contributed by atoms with E-state index in [2.05, 4.69) is 15.6 Å². The second-order valence-corrected chi connectivity index (χ2v) is 7.15. The number of halogens is 3. The second kappa shape index (κ2) is 7.17. The average Bonchev–Trinajstić information content (AvgIpc) is 3.15. The molecule has 1 aromatic rings. The van der Waals surface area contributed by atoms with Gasteiger partial charge in [-0.05, 0) is 36.5 Å². The molecule has 0 saturated heterocycles. The Kier molecular flexibility index (Phi) is 5.49. The van der Waals surface area contributed by atoms with Gasteiger partial charge in [0.15, 0.2) is 0 Å². The van der Waals surface area contributed by atoms with Crippen LogP contribution in [0, 0.1) is 5.41 Å². The molecule has 0 bridgehead atoms. The zero-order valence-corrected chi connectivity index (χ0v) is 15.6. The number of benzene rings is 1. The van der Waals surface area contributed by atoms with Crippen molar-refractivity contribution in [3.8, 4) is 0 Å². The maximum absolute atomic E-state index is 12.8. The van der Waals surface area contributed by atoms with Crippen LogP contribution in [-0.4, -0.2) is 25.1 Å². The Hall–Kier alpha value is -2.64. The minimum Gasteiger partial charge on any atom is -0.341 e. The number of aliphatic imine (C=N–C) groups is 1. The summed E-state index contributed by atoms with van der Waals surface area (Å²) >= 11 is 0. The van der Waals surface area contributed by atoms with Crippen molar-refractivity contribution in [1.29, 1.82) is 0 Å². The first-order valence-corrected chi connectivity index (χ1v) is 8.33. The zero-order valence-electron chi connectivity index (χ0n) is 15.6. The lowest BCUT2D eigenvalue weighted by Crippen LogP contribution is -2.42. The molecule has 2 N–H and O–H groups in total. The monoisotopic (exact) mass is 381 g/mol. The quantitative estimate of drug-likeness (QED) is 0.356. The predicted molar refractivity (Wildman–Crippen MR) is 96.0 cm³/mol. The molecule has 1 saturated carbocycles. The van der Waals surface area contributed by atoms with Crippen LogP contribution in [0.5, 0.6) is 0 Å². The molecule has 1 unspecified atom stereocenters. The fourth-order valence-electron chi connectivity index (χ4n) is 3.09. The minimum absolute atomic E-state index is 0.0158. The molecule has 0 spiro atoms. The third kappa shape index (κ3) is 4.20. The van der Waals surface area contributed by atoms with Gasteiger partial charge in [0, 0.05) is 13.1 Å². The second-order valence-electron chi connectivity index (χ2n) is 7.15. The van der Waals surface area contributed by atoms with Gasteiger partial charge in [0.05, 0.1) is 16.9 Å². The Bertz CT molecular complexity index is 795. The van der Waals surface area contributed by atoms with Crippen LogP contribution in [0.2, 0.25) is 0 Å². The van der Waals surface area contributed by atoms with Gasteiger partial charge in [-0.25, -0.2) is 0 Å². The van der Waals surface area contributed by atoms with Crippen molar-refractivity contribution < 1.29 is 22.8 Å². The van der Waals surface area contributed by atoms with Crippen molar-refractivity contribution in [3.05, 3.63) is 47.2 Å². The van der Waals surface area contributed by atoms with Gasteiger partial charge in [-0.2, -0.15) is 13.2 Å². The minimum atomic E-state index is -4.42. The fraction of sp³-hybridized carbons (Fsp3) is 0.421. The molecule has 146 valence electrons. The van der Waals surface area contributed by atoms with Crippen LogP contribution in [-0.2, 0) is 21.3 Å². The third-order valence-corrected chi connectivity index (χ3v) is 4.90. The molecule has 0 radical (unpaired) electrons. The highest BCUT2D eigenvalue weighted by molar-refractivity contribution is 6.01. The van der Waals surface area contributed by atoms with E-state index in [9.17, 15) is 22.8 Å². The molecule has 27 heavy (non-hydrogen) atoms. The molecule has 0 heterocycles. The summed E-state index contributed by atoms with van der Waals surface area (Å²) in [4.78, 5) is 27.4. The smallest absolute Gasteiger partial charge is 0.341 e. The Morgan fingerprint density at radius 1 is 1.22 bits per heavy atom. The number of aldehydes is 1. The first-order valence-electron chi connectivity index (χ1n) is 8.33. The van der Waals surface area contributed by atoms with Crippen molar-refractivity contribution in [1.82, 2.24) is 10.6 Å². The number of amidine groups is 1. The van der Waals surface area contributed by atoms with Gasteiger partial charge in [-0.3, -0.25) is 14.6 Å². The topological polar surface area (TPSA) is 70.6 Å². The van der Waals surface area contributed by atoms with E-state index in [4.69, 9.17) is 0 Å². The van der Waals surface area contributed by atoms with Crippen molar-refractivity contribution >= 4 is 18.0 Å². The molecular weight excluding hydrogens is 359 g/mol. The van der Waals surface area contributed by atoms with Gasteiger partial charge in [0.2, 0.25) is 0 Å². The van der Waals surface area contributed by atoms with Gasteiger partial charge in [-0.1, -0.05) is 26.0 Å². The Morgan fingerprint density at radius 2 is 1.78 bits per heavy atom. The fourth-order valence-corrected chi connectivity index (χ4v) is 3.09. The Labute approximate surface area is 155 Å². The summed E-state index contributed by atoms with van der Waals surface area (Å²) in [6.45, 7) is 5.47. The van der Waals surface area contributed by atoms with Crippen LogP contribution in [0.4, 0.5) is 13.2 Å². The van der Waals surface area contributed by atoms with Gasteiger partial charge < -0.3 is 10.6 Å². The van der Waals surface area contributed by atoms with Crippen LogP contribution >= 0.6 is 0 Å². The number of allylic oxidation sites excluding steroid dienone is 1. The SMILES string of the molecule is CN=C(C)N/C(=C\C=O)C(=O)NC1(c2ccc(C(F)(F)F)cc2)CC1(C)C. The number of nitrogens with zero attached hydrogens (tertiary/aromatic N) is 1. The Morgan fingerprint density at radius 3 is 2.19 bits per heavy atom. The average molecular weight is 381 g/mol.